The van der Waals surface area contributed by atoms with Crippen LogP contribution in [-0.4, -0.2) is 0 Å². The van der Waals surface area contributed by atoms with E-state index in [0.29, 0.717) is 0 Å². The molecule has 0 saturated carbocycles. The van der Waals surface area contributed by atoms with E-state index in [2.05, 4.69) is 0 Å². The van der Waals surface area contributed by atoms with E-state index < -0.39 is 0 Å². The second-order valence-corrected chi connectivity index (χ2v) is 3.66. The first-order valence-electron chi connectivity index (χ1n) is 4.55. The molecule has 1 radical (unpaired) electrons. The number of nitrogens with one attached hydrogen (secondary N) is 1. The Morgan fingerprint density at radius 1 is 0.812 bits per heavy atom. The van der Waals surface area contributed by atoms with Crippen molar-refractivity contribution >= 4 is 11.9 Å². The second-order valence-electron chi connectivity index (χ2n) is 2.99. The summed E-state index contributed by atoms with van der Waals surface area (Å²) in [4.78, 5) is 0.912. The van der Waals surface area contributed by atoms with Gasteiger partial charge in [-0.05, 0) is 41.3 Å². The van der Waals surface area contributed by atoms with Crippen molar-refractivity contribution in [3.05, 3.63) is 59.7 Å². The van der Waals surface area contributed by atoms with Crippen LogP contribution in [0.4, 0.5) is 0 Å². The van der Waals surface area contributed by atoms with Gasteiger partial charge in [0.2, 0.25) is 0 Å². The molecule has 0 amide bonds. The quantitative estimate of drug-likeness (QED) is 0.780. The molecule has 4 heteroatoms. The molecule has 2 aromatic rings. The van der Waals surface area contributed by atoms with E-state index in [4.69, 9.17) is 9.88 Å². The summed E-state index contributed by atoms with van der Waals surface area (Å²) in [5, 5.41) is 7.11. The predicted molar refractivity (Wildman–Crippen MR) is 63.1 cm³/mol. The van der Waals surface area contributed by atoms with Gasteiger partial charge in [-0.2, -0.15) is 0 Å². The summed E-state index contributed by atoms with van der Waals surface area (Å²) in [6.07, 6.45) is 0. The van der Waals surface area contributed by atoms with Gasteiger partial charge in [0.05, 0.1) is 0 Å². The van der Waals surface area contributed by atoms with Gasteiger partial charge in [0, 0.05) is 32.7 Å². The normalized spacial score (nSPS) is 9.31. The van der Waals surface area contributed by atoms with E-state index >= 15 is 0 Å². The number of para-hydroxylation sites is 1. The standard InChI is InChI=1S/C12H10NOS.Y/c13-15-12-8-6-11(7-9-12)14-10-4-2-1-3-5-10;/h1-9,13H;/q-1;. The Balaban J connectivity index is 0.00000128. The number of rotatable bonds is 3. The molecule has 0 aliphatic rings. The van der Waals surface area contributed by atoms with Crippen molar-refractivity contribution in [2.75, 3.05) is 0 Å². The van der Waals surface area contributed by atoms with E-state index in [0.717, 1.165) is 28.3 Å². The smallest absolute Gasteiger partial charge is 0.127 e. The van der Waals surface area contributed by atoms with Crippen LogP contribution >= 0.6 is 11.9 Å². The average molecular weight is 305 g/mol. The van der Waals surface area contributed by atoms with Crippen LogP contribution in [-0.2, 0) is 32.7 Å². The number of hydrogen-bond donors (Lipinski definition) is 0. The molecule has 0 bridgehead atoms. The predicted octanol–water partition coefficient (Wildman–Crippen LogP) is 4.54. The Labute approximate surface area is 125 Å². The van der Waals surface area contributed by atoms with Crippen LogP contribution in [0, 0.1) is 0 Å². The molecule has 2 rings (SSSR count). The Morgan fingerprint density at radius 3 is 1.94 bits per heavy atom. The molecule has 0 heterocycles. The van der Waals surface area contributed by atoms with E-state index in [1.165, 1.54) is 0 Å². The minimum atomic E-state index is 0. The summed E-state index contributed by atoms with van der Waals surface area (Å²) in [6.45, 7) is 0. The third kappa shape index (κ3) is 3.91. The van der Waals surface area contributed by atoms with Gasteiger partial charge < -0.3 is 9.88 Å². The molecule has 79 valence electrons. The van der Waals surface area contributed by atoms with Crippen LogP contribution in [0.2, 0.25) is 0 Å². The minimum absolute atomic E-state index is 0. The summed E-state index contributed by atoms with van der Waals surface area (Å²) in [7, 11) is 0. The maximum absolute atomic E-state index is 7.11. The minimum Gasteiger partial charge on any atom is -0.617 e. The Kier molecular flexibility index (Phi) is 6.06. The summed E-state index contributed by atoms with van der Waals surface area (Å²) < 4.78 is 5.61. The van der Waals surface area contributed by atoms with Gasteiger partial charge in [-0.3, -0.25) is 11.9 Å². The first-order chi connectivity index (χ1) is 7.38. The first-order valence-corrected chi connectivity index (χ1v) is 5.37. The second kappa shape index (κ2) is 7.07. The van der Waals surface area contributed by atoms with E-state index in [1.54, 1.807) is 0 Å². The maximum Gasteiger partial charge on any atom is 0.127 e. The van der Waals surface area contributed by atoms with Crippen molar-refractivity contribution in [2.45, 2.75) is 4.90 Å². The Morgan fingerprint density at radius 2 is 1.38 bits per heavy atom. The topological polar surface area (TPSA) is 33.0 Å². The molecule has 0 aliphatic carbocycles. The fourth-order valence-corrected chi connectivity index (χ4v) is 1.47. The summed E-state index contributed by atoms with van der Waals surface area (Å²) >= 11 is 0.978. The van der Waals surface area contributed by atoms with E-state index in [-0.39, 0.29) is 32.7 Å². The Bertz CT molecular complexity index is 419. The summed E-state index contributed by atoms with van der Waals surface area (Å²) in [5.41, 5.74) is 0. The van der Waals surface area contributed by atoms with E-state index in [1.807, 2.05) is 54.6 Å². The fourth-order valence-electron chi connectivity index (χ4n) is 1.20. The zero-order chi connectivity index (χ0) is 10.5. The molecule has 0 fully saturated rings. The monoisotopic (exact) mass is 305 g/mol. The molecule has 0 aliphatic heterocycles. The van der Waals surface area contributed by atoms with Gasteiger partial charge in [0.15, 0.2) is 0 Å². The van der Waals surface area contributed by atoms with E-state index in [9.17, 15) is 0 Å². The Hall–Kier alpha value is -0.346. The molecule has 0 atom stereocenters. The largest absolute Gasteiger partial charge is 0.617 e. The van der Waals surface area contributed by atoms with Crippen molar-refractivity contribution in [1.82, 2.24) is 0 Å². The molecule has 0 unspecified atom stereocenters. The molecule has 0 spiro atoms. The molecule has 2 aromatic carbocycles. The third-order valence-electron chi connectivity index (χ3n) is 1.92. The van der Waals surface area contributed by atoms with Gasteiger partial charge in [-0.25, -0.2) is 0 Å². The van der Waals surface area contributed by atoms with Crippen LogP contribution in [0.1, 0.15) is 0 Å². The van der Waals surface area contributed by atoms with Crippen LogP contribution in [0.25, 0.3) is 5.14 Å². The third-order valence-corrected chi connectivity index (χ3v) is 2.43. The first kappa shape index (κ1) is 13.7. The van der Waals surface area contributed by atoms with Gasteiger partial charge in [0.1, 0.15) is 11.5 Å². The molecule has 0 aromatic heterocycles. The maximum atomic E-state index is 7.11. The van der Waals surface area contributed by atoms with Crippen LogP contribution in [0.3, 0.4) is 0 Å². The molecular formula is C12H10NOSY-. The molecule has 0 saturated heterocycles. The fraction of sp³-hybridized carbons (Fsp3) is 0. The van der Waals surface area contributed by atoms with Crippen molar-refractivity contribution in [3.63, 3.8) is 0 Å². The van der Waals surface area contributed by atoms with Crippen molar-refractivity contribution in [3.8, 4) is 11.5 Å². The SMILES string of the molecule is [NH-]Sc1ccc(Oc2ccccc2)cc1.[Y]. The molecule has 16 heavy (non-hydrogen) atoms. The number of hydrogen-bond acceptors (Lipinski definition) is 2. The zero-order valence-corrected chi connectivity index (χ0v) is 12.2. The summed E-state index contributed by atoms with van der Waals surface area (Å²) in [5.74, 6) is 1.61. The van der Waals surface area contributed by atoms with Crippen molar-refractivity contribution in [2.24, 2.45) is 0 Å². The average Bonchev–Trinajstić information content (AvgIpc) is 2.31. The zero-order valence-electron chi connectivity index (χ0n) is 8.59. The van der Waals surface area contributed by atoms with Crippen LogP contribution < -0.4 is 4.74 Å². The molecule has 2 nitrogen and oxygen atoms in total. The van der Waals surface area contributed by atoms with Gasteiger partial charge in [-0.1, -0.05) is 18.2 Å². The van der Waals surface area contributed by atoms with Gasteiger partial charge in [-0.15, -0.1) is 0 Å². The molecular weight excluding hydrogens is 295 g/mol. The summed E-state index contributed by atoms with van der Waals surface area (Å²) in [6, 6.07) is 17.1. The molecule has 1 N–H and O–H groups in total. The van der Waals surface area contributed by atoms with Crippen molar-refractivity contribution in [1.29, 1.82) is 0 Å². The number of ether oxygens (including phenoxy) is 1. The van der Waals surface area contributed by atoms with Gasteiger partial charge >= 0.3 is 0 Å². The van der Waals surface area contributed by atoms with Crippen LogP contribution in [0.5, 0.6) is 11.5 Å². The van der Waals surface area contributed by atoms with Crippen molar-refractivity contribution < 1.29 is 37.4 Å². The van der Waals surface area contributed by atoms with Gasteiger partial charge in [0.25, 0.3) is 0 Å². The van der Waals surface area contributed by atoms with Crippen LogP contribution in [0.15, 0.2) is 59.5 Å². The number of benzene rings is 2.